The zero-order chi connectivity index (χ0) is 6.57. The maximum Gasteiger partial charge on any atom is 0.156 e. The van der Waals surface area contributed by atoms with Crippen LogP contribution in [0.5, 0.6) is 0 Å². The van der Waals surface area contributed by atoms with Crippen LogP contribution in [0.4, 0.5) is 0 Å². The van der Waals surface area contributed by atoms with Gasteiger partial charge in [-0.3, -0.25) is 4.79 Å². The molecule has 0 amide bonds. The Bertz CT molecular complexity index is 116. The molecule has 0 saturated heterocycles. The maximum atomic E-state index is 10.4. The van der Waals surface area contributed by atoms with Crippen LogP contribution in [0.3, 0.4) is 0 Å². The lowest BCUT2D eigenvalue weighted by Gasteiger charge is -1.90. The molecule has 0 bridgehead atoms. The highest BCUT2D eigenvalue weighted by Crippen LogP contribution is 1.88. The van der Waals surface area contributed by atoms with Crippen molar-refractivity contribution in [1.82, 2.24) is 5.32 Å². The molecule has 0 aromatic carbocycles. The number of carbonyl (C=O) groups excluding carboxylic acids is 1. The van der Waals surface area contributed by atoms with E-state index in [4.69, 9.17) is 0 Å². The van der Waals surface area contributed by atoms with Gasteiger partial charge in [0.25, 0.3) is 0 Å². The zero-order valence-corrected chi connectivity index (χ0v) is 5.49. The summed E-state index contributed by atoms with van der Waals surface area (Å²) in [5.41, 5.74) is 0.757. The van der Waals surface area contributed by atoms with Crippen molar-refractivity contribution in [2.45, 2.75) is 13.8 Å². The molecule has 0 aromatic rings. The molecular weight excluding hydrogens is 102 g/mol. The van der Waals surface area contributed by atoms with E-state index in [1.807, 2.05) is 0 Å². The van der Waals surface area contributed by atoms with Crippen LogP contribution in [0.15, 0.2) is 11.8 Å². The summed E-state index contributed by atoms with van der Waals surface area (Å²) in [6, 6.07) is 0. The first-order valence-electron chi connectivity index (χ1n) is 2.53. The van der Waals surface area contributed by atoms with Crippen molar-refractivity contribution in [3.63, 3.8) is 0 Å². The molecule has 0 aliphatic carbocycles. The summed E-state index contributed by atoms with van der Waals surface area (Å²) in [7, 11) is 1.77. The number of carbonyl (C=O) groups is 1. The molecule has 2 heteroatoms. The van der Waals surface area contributed by atoms with Crippen LogP contribution in [-0.4, -0.2) is 12.8 Å². The molecule has 0 saturated carbocycles. The Labute approximate surface area is 49.6 Å². The summed E-state index contributed by atoms with van der Waals surface area (Å²) in [5.74, 6) is 0.111. The lowest BCUT2D eigenvalue weighted by atomic mass is 10.2. The molecule has 0 rings (SSSR count). The molecular formula is C6H11NO. The van der Waals surface area contributed by atoms with Crippen LogP contribution in [0.2, 0.25) is 0 Å². The van der Waals surface area contributed by atoms with Gasteiger partial charge in [0.1, 0.15) is 0 Å². The summed E-state index contributed by atoms with van der Waals surface area (Å²) in [6.07, 6.45) is 1.68. The Balaban J connectivity index is 3.80. The van der Waals surface area contributed by atoms with E-state index >= 15 is 0 Å². The van der Waals surface area contributed by atoms with Crippen molar-refractivity contribution in [1.29, 1.82) is 0 Å². The van der Waals surface area contributed by atoms with Gasteiger partial charge in [-0.2, -0.15) is 0 Å². The minimum absolute atomic E-state index is 0.111. The SMILES string of the molecule is CNC=C(C)C(C)=O. The molecule has 46 valence electrons. The third-order valence-corrected chi connectivity index (χ3v) is 0.916. The first-order valence-corrected chi connectivity index (χ1v) is 2.53. The normalized spacial score (nSPS) is 11.1. The van der Waals surface area contributed by atoms with E-state index in [0.29, 0.717) is 0 Å². The summed E-state index contributed by atoms with van der Waals surface area (Å²) < 4.78 is 0. The second-order valence-corrected chi connectivity index (χ2v) is 1.67. The van der Waals surface area contributed by atoms with Crippen LogP contribution in [0.25, 0.3) is 0 Å². The highest BCUT2D eigenvalue weighted by Gasteiger charge is 1.91. The van der Waals surface area contributed by atoms with Gasteiger partial charge in [-0.1, -0.05) is 0 Å². The predicted molar refractivity (Wildman–Crippen MR) is 33.5 cm³/mol. The lowest BCUT2D eigenvalue weighted by molar-refractivity contribution is -0.113. The van der Waals surface area contributed by atoms with Gasteiger partial charge in [0.05, 0.1) is 0 Å². The average Bonchev–Trinajstić information content (AvgIpc) is 1.67. The number of ketones is 1. The Kier molecular flexibility index (Phi) is 2.92. The number of rotatable bonds is 2. The van der Waals surface area contributed by atoms with Crippen molar-refractivity contribution < 1.29 is 4.79 Å². The van der Waals surface area contributed by atoms with Crippen molar-refractivity contribution in [3.05, 3.63) is 11.8 Å². The maximum absolute atomic E-state index is 10.4. The molecule has 0 heterocycles. The minimum Gasteiger partial charge on any atom is -0.394 e. The highest BCUT2D eigenvalue weighted by molar-refractivity contribution is 5.92. The van der Waals surface area contributed by atoms with E-state index in [-0.39, 0.29) is 5.78 Å². The van der Waals surface area contributed by atoms with E-state index in [2.05, 4.69) is 5.32 Å². The van der Waals surface area contributed by atoms with Gasteiger partial charge >= 0.3 is 0 Å². The summed E-state index contributed by atoms with van der Waals surface area (Å²) in [6.45, 7) is 3.32. The van der Waals surface area contributed by atoms with E-state index in [0.717, 1.165) is 5.57 Å². The van der Waals surface area contributed by atoms with Gasteiger partial charge in [0, 0.05) is 18.8 Å². The first kappa shape index (κ1) is 7.21. The zero-order valence-electron chi connectivity index (χ0n) is 5.49. The minimum atomic E-state index is 0.111. The molecule has 8 heavy (non-hydrogen) atoms. The Hall–Kier alpha value is -0.790. The largest absolute Gasteiger partial charge is 0.394 e. The summed E-state index contributed by atoms with van der Waals surface area (Å²) in [5, 5.41) is 2.77. The molecule has 0 aliphatic rings. The number of hydrogen-bond donors (Lipinski definition) is 1. The predicted octanol–water partition coefficient (Wildman–Crippen LogP) is 0.699. The van der Waals surface area contributed by atoms with Gasteiger partial charge in [0.15, 0.2) is 5.78 Å². The molecule has 0 unspecified atom stereocenters. The summed E-state index contributed by atoms with van der Waals surface area (Å²) >= 11 is 0. The van der Waals surface area contributed by atoms with Gasteiger partial charge in [-0.05, 0) is 13.8 Å². The number of allylic oxidation sites excluding steroid dienone is 1. The third-order valence-electron chi connectivity index (χ3n) is 0.916. The van der Waals surface area contributed by atoms with Gasteiger partial charge in [0.2, 0.25) is 0 Å². The fourth-order valence-electron chi connectivity index (χ4n) is 0.318. The topological polar surface area (TPSA) is 29.1 Å². The van der Waals surface area contributed by atoms with Crippen molar-refractivity contribution in [2.24, 2.45) is 0 Å². The monoisotopic (exact) mass is 113 g/mol. The quantitative estimate of drug-likeness (QED) is 0.534. The molecule has 1 N–H and O–H groups in total. The molecule has 0 fully saturated rings. The molecule has 0 atom stereocenters. The molecule has 0 aliphatic heterocycles. The van der Waals surface area contributed by atoms with Crippen molar-refractivity contribution >= 4 is 5.78 Å². The van der Waals surface area contributed by atoms with Gasteiger partial charge in [-0.25, -0.2) is 0 Å². The standard InChI is InChI=1S/C6H11NO/c1-5(4-7-3)6(2)8/h4,7H,1-3H3. The number of nitrogens with one attached hydrogen (secondary N) is 1. The Morgan fingerprint density at radius 1 is 1.50 bits per heavy atom. The van der Waals surface area contributed by atoms with Crippen LogP contribution >= 0.6 is 0 Å². The second kappa shape index (κ2) is 3.24. The number of hydrogen-bond acceptors (Lipinski definition) is 2. The summed E-state index contributed by atoms with van der Waals surface area (Å²) in [4.78, 5) is 10.4. The second-order valence-electron chi connectivity index (χ2n) is 1.67. The molecule has 0 radical (unpaired) electrons. The number of Topliss-reactive ketones (excluding diaryl/α,β-unsaturated/α-hetero) is 1. The third kappa shape index (κ3) is 2.39. The van der Waals surface area contributed by atoms with Gasteiger partial charge in [-0.15, -0.1) is 0 Å². The van der Waals surface area contributed by atoms with E-state index in [1.165, 1.54) is 0 Å². The van der Waals surface area contributed by atoms with Crippen LogP contribution in [0, 0.1) is 0 Å². The van der Waals surface area contributed by atoms with Crippen LogP contribution < -0.4 is 5.32 Å². The lowest BCUT2D eigenvalue weighted by Crippen LogP contribution is -1.99. The van der Waals surface area contributed by atoms with Crippen LogP contribution in [-0.2, 0) is 4.79 Å². The van der Waals surface area contributed by atoms with Crippen LogP contribution in [0.1, 0.15) is 13.8 Å². The van der Waals surface area contributed by atoms with Gasteiger partial charge < -0.3 is 5.32 Å². The first-order chi connectivity index (χ1) is 3.68. The van der Waals surface area contributed by atoms with Crippen molar-refractivity contribution in [2.75, 3.05) is 7.05 Å². The van der Waals surface area contributed by atoms with E-state index < -0.39 is 0 Å². The smallest absolute Gasteiger partial charge is 0.156 e. The molecule has 2 nitrogen and oxygen atoms in total. The van der Waals surface area contributed by atoms with Crippen molar-refractivity contribution in [3.8, 4) is 0 Å². The van der Waals surface area contributed by atoms with E-state index in [1.54, 1.807) is 27.1 Å². The average molecular weight is 113 g/mol. The Morgan fingerprint density at radius 3 is 2.12 bits per heavy atom. The fourth-order valence-corrected chi connectivity index (χ4v) is 0.318. The Morgan fingerprint density at radius 2 is 2.00 bits per heavy atom. The fraction of sp³-hybridized carbons (Fsp3) is 0.500. The highest BCUT2D eigenvalue weighted by atomic mass is 16.1. The molecule has 0 aromatic heterocycles. The van der Waals surface area contributed by atoms with E-state index in [9.17, 15) is 4.79 Å². The molecule has 0 spiro atoms.